The number of aromatic nitrogens is 2. The molecule has 1 aromatic heterocycles. The Morgan fingerprint density at radius 3 is 2.57 bits per heavy atom. The summed E-state index contributed by atoms with van der Waals surface area (Å²) >= 11 is 0. The quantitative estimate of drug-likeness (QED) is 0.849. The molecule has 0 aliphatic rings. The van der Waals surface area contributed by atoms with Gasteiger partial charge in [0.1, 0.15) is 23.2 Å². The van der Waals surface area contributed by atoms with Gasteiger partial charge >= 0.3 is 0 Å². The van der Waals surface area contributed by atoms with E-state index in [-0.39, 0.29) is 0 Å². The lowest BCUT2D eigenvalue weighted by Crippen LogP contribution is -2.10. The van der Waals surface area contributed by atoms with Gasteiger partial charge in [0.15, 0.2) is 0 Å². The standard InChI is InChI=1S/C16H22N4O/c1-11(2)10-17-15-9-16(19-12(3)18-15)20-13-7-5-6-8-14(13)21-4/h5-9,11H,10H2,1-4H3,(H2,17,18,19,20). The van der Waals surface area contributed by atoms with E-state index in [2.05, 4.69) is 34.4 Å². The third-order valence-corrected chi connectivity index (χ3v) is 2.90. The van der Waals surface area contributed by atoms with Crippen molar-refractivity contribution in [3.8, 4) is 5.75 Å². The first kappa shape index (κ1) is 15.1. The molecule has 1 heterocycles. The first-order chi connectivity index (χ1) is 10.1. The van der Waals surface area contributed by atoms with E-state index in [9.17, 15) is 0 Å². The van der Waals surface area contributed by atoms with Crippen molar-refractivity contribution in [2.75, 3.05) is 24.3 Å². The Labute approximate surface area is 125 Å². The van der Waals surface area contributed by atoms with Gasteiger partial charge in [0.2, 0.25) is 0 Å². The zero-order valence-corrected chi connectivity index (χ0v) is 13.0. The number of para-hydroxylation sites is 2. The molecule has 5 heteroatoms. The minimum atomic E-state index is 0.561. The van der Waals surface area contributed by atoms with Gasteiger partial charge in [-0.1, -0.05) is 26.0 Å². The van der Waals surface area contributed by atoms with E-state index in [1.165, 1.54) is 0 Å². The third kappa shape index (κ3) is 4.34. The Kier molecular flexibility index (Phi) is 4.98. The number of hydrogen-bond donors (Lipinski definition) is 2. The first-order valence-corrected chi connectivity index (χ1v) is 7.08. The molecule has 0 saturated heterocycles. The molecule has 0 aliphatic heterocycles. The molecule has 112 valence electrons. The van der Waals surface area contributed by atoms with Crippen LogP contribution >= 0.6 is 0 Å². The number of benzene rings is 1. The second-order valence-electron chi connectivity index (χ2n) is 5.29. The predicted molar refractivity (Wildman–Crippen MR) is 86.4 cm³/mol. The van der Waals surface area contributed by atoms with Gasteiger partial charge in [-0.15, -0.1) is 0 Å². The largest absolute Gasteiger partial charge is 0.495 e. The van der Waals surface area contributed by atoms with Crippen molar-refractivity contribution in [3.63, 3.8) is 0 Å². The highest BCUT2D eigenvalue weighted by atomic mass is 16.5. The molecule has 1 aromatic carbocycles. The molecule has 0 unspecified atom stereocenters. The molecule has 0 saturated carbocycles. The topological polar surface area (TPSA) is 59.1 Å². The van der Waals surface area contributed by atoms with Crippen LogP contribution in [-0.2, 0) is 0 Å². The molecule has 2 aromatic rings. The van der Waals surface area contributed by atoms with Gasteiger partial charge in [-0.25, -0.2) is 9.97 Å². The van der Waals surface area contributed by atoms with Crippen LogP contribution < -0.4 is 15.4 Å². The minimum Gasteiger partial charge on any atom is -0.495 e. The molecule has 2 rings (SSSR count). The van der Waals surface area contributed by atoms with Gasteiger partial charge < -0.3 is 15.4 Å². The molecule has 0 aliphatic carbocycles. The highest BCUT2D eigenvalue weighted by Crippen LogP contribution is 2.26. The van der Waals surface area contributed by atoms with E-state index >= 15 is 0 Å². The lowest BCUT2D eigenvalue weighted by Gasteiger charge is -2.13. The first-order valence-electron chi connectivity index (χ1n) is 7.08. The summed E-state index contributed by atoms with van der Waals surface area (Å²) in [6.07, 6.45) is 0. The number of nitrogens with zero attached hydrogens (tertiary/aromatic N) is 2. The van der Waals surface area contributed by atoms with Gasteiger partial charge in [-0.3, -0.25) is 0 Å². The van der Waals surface area contributed by atoms with Crippen LogP contribution in [0.15, 0.2) is 30.3 Å². The summed E-state index contributed by atoms with van der Waals surface area (Å²) in [5.41, 5.74) is 0.882. The normalized spacial score (nSPS) is 10.5. The summed E-state index contributed by atoms with van der Waals surface area (Å²) in [7, 11) is 1.65. The van der Waals surface area contributed by atoms with Crippen LogP contribution in [0.5, 0.6) is 5.75 Å². The van der Waals surface area contributed by atoms with E-state index in [0.29, 0.717) is 5.92 Å². The number of methoxy groups -OCH3 is 1. The highest BCUT2D eigenvalue weighted by Gasteiger charge is 2.06. The van der Waals surface area contributed by atoms with Crippen LogP contribution in [0.4, 0.5) is 17.3 Å². The van der Waals surface area contributed by atoms with E-state index < -0.39 is 0 Å². The predicted octanol–water partition coefficient (Wildman–Crippen LogP) is 3.61. The monoisotopic (exact) mass is 286 g/mol. The number of nitrogens with one attached hydrogen (secondary N) is 2. The van der Waals surface area contributed by atoms with Crippen LogP contribution in [0, 0.1) is 12.8 Å². The van der Waals surface area contributed by atoms with E-state index in [4.69, 9.17) is 4.74 Å². The van der Waals surface area contributed by atoms with Crippen molar-refractivity contribution >= 4 is 17.3 Å². The third-order valence-electron chi connectivity index (χ3n) is 2.90. The van der Waals surface area contributed by atoms with Gasteiger partial charge in [-0.05, 0) is 25.0 Å². The number of rotatable bonds is 6. The van der Waals surface area contributed by atoms with Gasteiger partial charge in [0, 0.05) is 12.6 Å². The minimum absolute atomic E-state index is 0.561. The molecule has 0 atom stereocenters. The fraction of sp³-hybridized carbons (Fsp3) is 0.375. The molecule has 5 nitrogen and oxygen atoms in total. The molecule has 2 N–H and O–H groups in total. The van der Waals surface area contributed by atoms with E-state index in [1.54, 1.807) is 7.11 Å². The van der Waals surface area contributed by atoms with Crippen molar-refractivity contribution in [3.05, 3.63) is 36.2 Å². The maximum atomic E-state index is 5.34. The van der Waals surface area contributed by atoms with Gasteiger partial charge in [0.25, 0.3) is 0 Å². The summed E-state index contributed by atoms with van der Waals surface area (Å²) in [5.74, 6) is 3.64. The van der Waals surface area contributed by atoms with Crippen LogP contribution in [0.2, 0.25) is 0 Å². The number of ether oxygens (including phenoxy) is 1. The second kappa shape index (κ2) is 6.92. The molecule has 0 radical (unpaired) electrons. The maximum absolute atomic E-state index is 5.34. The smallest absolute Gasteiger partial charge is 0.142 e. The van der Waals surface area contributed by atoms with Crippen LogP contribution in [0.1, 0.15) is 19.7 Å². The molecule has 0 spiro atoms. The van der Waals surface area contributed by atoms with E-state index in [0.717, 1.165) is 35.4 Å². The fourth-order valence-corrected chi connectivity index (χ4v) is 1.92. The SMILES string of the molecule is COc1ccccc1Nc1cc(NCC(C)C)nc(C)n1. The van der Waals surface area contributed by atoms with Crippen LogP contribution in [0.3, 0.4) is 0 Å². The summed E-state index contributed by atoms with van der Waals surface area (Å²) in [4.78, 5) is 8.81. The summed E-state index contributed by atoms with van der Waals surface area (Å²) in [5, 5.41) is 6.59. The van der Waals surface area contributed by atoms with Gasteiger partial charge in [-0.2, -0.15) is 0 Å². The Morgan fingerprint density at radius 2 is 1.86 bits per heavy atom. The van der Waals surface area contributed by atoms with Gasteiger partial charge in [0.05, 0.1) is 12.8 Å². The molecule has 21 heavy (non-hydrogen) atoms. The van der Waals surface area contributed by atoms with Crippen LogP contribution in [-0.4, -0.2) is 23.6 Å². The zero-order valence-electron chi connectivity index (χ0n) is 13.0. The number of aryl methyl sites for hydroxylation is 1. The molecule has 0 bridgehead atoms. The highest BCUT2D eigenvalue weighted by molar-refractivity contribution is 5.65. The van der Waals surface area contributed by atoms with Crippen molar-refractivity contribution in [2.24, 2.45) is 5.92 Å². The maximum Gasteiger partial charge on any atom is 0.142 e. The lowest BCUT2D eigenvalue weighted by molar-refractivity contribution is 0.417. The van der Waals surface area contributed by atoms with Crippen molar-refractivity contribution in [2.45, 2.75) is 20.8 Å². The molecule has 0 amide bonds. The Balaban J connectivity index is 2.19. The molecule has 0 fully saturated rings. The second-order valence-corrected chi connectivity index (χ2v) is 5.29. The van der Waals surface area contributed by atoms with Crippen molar-refractivity contribution in [1.29, 1.82) is 0 Å². The molecular formula is C16H22N4O. The average molecular weight is 286 g/mol. The van der Waals surface area contributed by atoms with Crippen LogP contribution in [0.25, 0.3) is 0 Å². The van der Waals surface area contributed by atoms with E-state index in [1.807, 2.05) is 37.3 Å². The number of anilines is 3. The number of hydrogen-bond acceptors (Lipinski definition) is 5. The Morgan fingerprint density at radius 1 is 1.14 bits per heavy atom. The zero-order chi connectivity index (χ0) is 15.2. The Bertz CT molecular complexity index is 599. The fourth-order valence-electron chi connectivity index (χ4n) is 1.92. The Hall–Kier alpha value is -2.30. The van der Waals surface area contributed by atoms with Crippen molar-refractivity contribution in [1.82, 2.24) is 9.97 Å². The summed E-state index contributed by atoms with van der Waals surface area (Å²) in [6.45, 7) is 7.09. The molecular weight excluding hydrogens is 264 g/mol. The van der Waals surface area contributed by atoms with Crippen molar-refractivity contribution < 1.29 is 4.74 Å². The summed E-state index contributed by atoms with van der Waals surface area (Å²) < 4.78 is 5.34. The average Bonchev–Trinajstić information content (AvgIpc) is 2.45. The summed E-state index contributed by atoms with van der Waals surface area (Å²) in [6, 6.07) is 9.66. The lowest BCUT2D eigenvalue weighted by atomic mass is 10.2.